The standard InChI is InChI=1S/C19H17N5O5/c1-11(22-23-16(25)12-7-9-20-10-8-12)15-17(26)21-19(28)24(18(15)27)13-3-5-14(29-2)6-4-13/h3-10,27H,1-2H3,(H,23,25)(H,21,26,28)/b22-11+. The number of carbonyl (C=O) groups is 1. The van der Waals surface area contributed by atoms with Gasteiger partial charge in [-0.3, -0.25) is 19.6 Å². The van der Waals surface area contributed by atoms with Crippen LogP contribution in [0.15, 0.2) is 63.5 Å². The number of pyridine rings is 1. The van der Waals surface area contributed by atoms with Gasteiger partial charge in [0.25, 0.3) is 11.5 Å². The molecule has 1 aromatic carbocycles. The minimum atomic E-state index is -0.836. The van der Waals surface area contributed by atoms with E-state index in [1.54, 1.807) is 24.3 Å². The van der Waals surface area contributed by atoms with Crippen molar-refractivity contribution >= 4 is 11.6 Å². The summed E-state index contributed by atoms with van der Waals surface area (Å²) in [5.41, 5.74) is 1.01. The van der Waals surface area contributed by atoms with Gasteiger partial charge in [-0.2, -0.15) is 5.10 Å². The molecule has 10 nitrogen and oxygen atoms in total. The van der Waals surface area contributed by atoms with Crippen molar-refractivity contribution in [1.82, 2.24) is 20.0 Å². The summed E-state index contributed by atoms with van der Waals surface area (Å²) < 4.78 is 5.98. The molecule has 0 saturated carbocycles. The van der Waals surface area contributed by atoms with E-state index in [9.17, 15) is 19.5 Å². The van der Waals surface area contributed by atoms with Crippen LogP contribution in [-0.4, -0.2) is 38.4 Å². The molecule has 0 aliphatic rings. The quantitative estimate of drug-likeness (QED) is 0.431. The molecule has 0 aliphatic carbocycles. The minimum Gasteiger partial charge on any atom is -0.497 e. The van der Waals surface area contributed by atoms with Crippen molar-refractivity contribution in [1.29, 1.82) is 0 Å². The van der Waals surface area contributed by atoms with Gasteiger partial charge in [0.15, 0.2) is 0 Å². The van der Waals surface area contributed by atoms with Gasteiger partial charge in [0.2, 0.25) is 5.88 Å². The van der Waals surface area contributed by atoms with Crippen LogP contribution in [0.25, 0.3) is 5.69 Å². The Morgan fingerprint density at radius 2 is 1.83 bits per heavy atom. The van der Waals surface area contributed by atoms with Gasteiger partial charge in [0.1, 0.15) is 11.3 Å². The Kier molecular flexibility index (Phi) is 5.54. The van der Waals surface area contributed by atoms with Gasteiger partial charge in [0, 0.05) is 18.0 Å². The Hall–Kier alpha value is -4.21. The number of methoxy groups -OCH3 is 1. The van der Waals surface area contributed by atoms with Gasteiger partial charge in [-0.15, -0.1) is 0 Å². The second-order valence-electron chi connectivity index (χ2n) is 5.87. The number of carbonyl (C=O) groups excluding carboxylic acids is 1. The van der Waals surface area contributed by atoms with Crippen molar-refractivity contribution in [2.75, 3.05) is 7.11 Å². The number of rotatable bonds is 5. The fourth-order valence-electron chi connectivity index (χ4n) is 2.58. The summed E-state index contributed by atoms with van der Waals surface area (Å²) in [6.45, 7) is 1.42. The number of aromatic nitrogens is 3. The van der Waals surface area contributed by atoms with E-state index in [0.29, 0.717) is 17.0 Å². The van der Waals surface area contributed by atoms with Crippen LogP contribution in [0, 0.1) is 0 Å². The number of benzene rings is 1. The van der Waals surface area contributed by atoms with Crippen molar-refractivity contribution in [2.45, 2.75) is 6.92 Å². The third-order valence-corrected chi connectivity index (χ3v) is 4.05. The van der Waals surface area contributed by atoms with Crippen LogP contribution in [-0.2, 0) is 0 Å². The average Bonchev–Trinajstić information content (AvgIpc) is 2.72. The van der Waals surface area contributed by atoms with E-state index in [4.69, 9.17) is 4.74 Å². The van der Waals surface area contributed by atoms with Gasteiger partial charge >= 0.3 is 5.69 Å². The Bertz CT molecular complexity index is 1180. The number of hydrazone groups is 1. The zero-order valence-electron chi connectivity index (χ0n) is 15.5. The molecule has 3 rings (SSSR count). The largest absolute Gasteiger partial charge is 0.497 e. The van der Waals surface area contributed by atoms with E-state index in [2.05, 4.69) is 20.5 Å². The van der Waals surface area contributed by atoms with E-state index in [0.717, 1.165) is 4.57 Å². The summed E-state index contributed by atoms with van der Waals surface area (Å²) in [6, 6.07) is 9.27. The molecular weight excluding hydrogens is 378 g/mol. The highest BCUT2D eigenvalue weighted by Gasteiger charge is 2.18. The lowest BCUT2D eigenvalue weighted by Gasteiger charge is -2.12. The highest BCUT2D eigenvalue weighted by Crippen LogP contribution is 2.19. The molecule has 0 saturated heterocycles. The highest BCUT2D eigenvalue weighted by atomic mass is 16.5. The van der Waals surface area contributed by atoms with Crippen LogP contribution in [0.4, 0.5) is 0 Å². The van der Waals surface area contributed by atoms with E-state index in [1.165, 1.54) is 38.6 Å². The molecule has 0 spiro atoms. The van der Waals surface area contributed by atoms with Gasteiger partial charge in [-0.05, 0) is 43.3 Å². The fourth-order valence-corrected chi connectivity index (χ4v) is 2.58. The number of H-pyrrole nitrogens is 1. The lowest BCUT2D eigenvalue weighted by Crippen LogP contribution is -2.33. The smallest absolute Gasteiger partial charge is 0.335 e. The third-order valence-electron chi connectivity index (χ3n) is 4.05. The second-order valence-corrected chi connectivity index (χ2v) is 5.87. The predicted molar refractivity (Wildman–Crippen MR) is 105 cm³/mol. The predicted octanol–water partition coefficient (Wildman–Crippen LogP) is 0.789. The van der Waals surface area contributed by atoms with Crippen molar-refractivity contribution in [3.8, 4) is 17.3 Å². The molecular formula is C19H17N5O5. The van der Waals surface area contributed by atoms with Crippen molar-refractivity contribution in [3.05, 3.63) is 80.8 Å². The van der Waals surface area contributed by atoms with E-state index < -0.39 is 23.0 Å². The zero-order valence-corrected chi connectivity index (χ0v) is 15.5. The van der Waals surface area contributed by atoms with E-state index >= 15 is 0 Å². The molecule has 29 heavy (non-hydrogen) atoms. The van der Waals surface area contributed by atoms with Crippen LogP contribution >= 0.6 is 0 Å². The summed E-state index contributed by atoms with van der Waals surface area (Å²) in [6.07, 6.45) is 2.90. The highest BCUT2D eigenvalue weighted by molar-refractivity contribution is 6.02. The van der Waals surface area contributed by atoms with Crippen molar-refractivity contribution in [2.24, 2.45) is 5.10 Å². The molecule has 2 heterocycles. The normalized spacial score (nSPS) is 11.2. The van der Waals surface area contributed by atoms with Crippen LogP contribution < -0.4 is 21.4 Å². The first-order valence-corrected chi connectivity index (χ1v) is 8.40. The van der Waals surface area contributed by atoms with Gasteiger partial charge < -0.3 is 9.84 Å². The molecule has 10 heteroatoms. The molecule has 3 aromatic rings. The number of nitrogens with one attached hydrogen (secondary N) is 2. The third kappa shape index (κ3) is 4.05. The Balaban J connectivity index is 1.99. The maximum atomic E-state index is 12.3. The SMILES string of the molecule is COc1ccc(-n2c(O)c(/C(C)=N/NC(=O)c3ccncc3)c(=O)[nH]c2=O)cc1. The molecule has 0 unspecified atom stereocenters. The summed E-state index contributed by atoms with van der Waals surface area (Å²) in [7, 11) is 1.50. The summed E-state index contributed by atoms with van der Waals surface area (Å²) in [5.74, 6) is -0.572. The van der Waals surface area contributed by atoms with Crippen LogP contribution in [0.3, 0.4) is 0 Å². The lowest BCUT2D eigenvalue weighted by molar-refractivity contribution is 0.0954. The van der Waals surface area contributed by atoms with E-state index in [-0.39, 0.29) is 11.3 Å². The molecule has 0 aliphatic heterocycles. The maximum Gasteiger partial charge on any atom is 0.335 e. The van der Waals surface area contributed by atoms with Gasteiger partial charge in [0.05, 0.1) is 18.5 Å². The molecule has 1 amide bonds. The van der Waals surface area contributed by atoms with Crippen molar-refractivity contribution in [3.63, 3.8) is 0 Å². The average molecular weight is 395 g/mol. The van der Waals surface area contributed by atoms with Gasteiger partial charge in [-0.25, -0.2) is 14.8 Å². The number of ether oxygens (including phenoxy) is 1. The molecule has 0 atom stereocenters. The monoisotopic (exact) mass is 395 g/mol. The number of nitrogens with zero attached hydrogens (tertiary/aromatic N) is 3. The first-order chi connectivity index (χ1) is 13.9. The first kappa shape index (κ1) is 19.5. The topological polar surface area (TPSA) is 139 Å². The molecule has 2 aromatic heterocycles. The van der Waals surface area contributed by atoms with Crippen LogP contribution in [0.2, 0.25) is 0 Å². The molecule has 0 bridgehead atoms. The number of aromatic hydroxyl groups is 1. The first-order valence-electron chi connectivity index (χ1n) is 8.40. The Labute approximate surface area is 164 Å². The molecule has 148 valence electrons. The number of aromatic amines is 1. The Morgan fingerprint density at radius 1 is 1.17 bits per heavy atom. The van der Waals surface area contributed by atoms with Crippen LogP contribution in [0.1, 0.15) is 22.8 Å². The Morgan fingerprint density at radius 3 is 2.45 bits per heavy atom. The number of hydrogen-bond donors (Lipinski definition) is 3. The number of hydrogen-bond acceptors (Lipinski definition) is 7. The lowest BCUT2D eigenvalue weighted by atomic mass is 10.2. The summed E-state index contributed by atoms with van der Waals surface area (Å²) >= 11 is 0. The summed E-state index contributed by atoms with van der Waals surface area (Å²) in [4.78, 5) is 42.5. The fraction of sp³-hybridized carbons (Fsp3) is 0.105. The maximum absolute atomic E-state index is 12.3. The molecule has 0 radical (unpaired) electrons. The zero-order chi connectivity index (χ0) is 21.0. The molecule has 3 N–H and O–H groups in total. The minimum absolute atomic E-state index is 0.00779. The second kappa shape index (κ2) is 8.21. The number of amides is 1. The van der Waals surface area contributed by atoms with Crippen molar-refractivity contribution < 1.29 is 14.6 Å². The van der Waals surface area contributed by atoms with Crippen LogP contribution in [0.5, 0.6) is 11.6 Å². The molecule has 0 fully saturated rings. The van der Waals surface area contributed by atoms with E-state index in [1.807, 2.05) is 0 Å². The van der Waals surface area contributed by atoms with Gasteiger partial charge in [-0.1, -0.05) is 0 Å². The summed E-state index contributed by atoms with van der Waals surface area (Å²) in [5, 5.41) is 14.5.